The largest absolute Gasteiger partial charge is 0.0801 e. The van der Waals surface area contributed by atoms with Gasteiger partial charge < -0.3 is 0 Å². The van der Waals surface area contributed by atoms with Crippen LogP contribution in [-0.2, 0) is 12.8 Å². The van der Waals surface area contributed by atoms with Crippen molar-refractivity contribution in [1.82, 2.24) is 0 Å². The van der Waals surface area contributed by atoms with E-state index in [-0.39, 0.29) is 0 Å². The van der Waals surface area contributed by atoms with Crippen molar-refractivity contribution in [2.24, 2.45) is 0 Å². The molecule has 0 spiro atoms. The highest BCUT2D eigenvalue weighted by Crippen LogP contribution is 2.47. The van der Waals surface area contributed by atoms with Gasteiger partial charge in [0.25, 0.3) is 0 Å². The quantitative estimate of drug-likeness (QED) is 0.370. The number of allylic oxidation sites excluding steroid dienone is 4. The van der Waals surface area contributed by atoms with Crippen molar-refractivity contribution in [3.63, 3.8) is 0 Å². The first-order valence-electron chi connectivity index (χ1n) is 8.95. The van der Waals surface area contributed by atoms with Crippen molar-refractivity contribution < 1.29 is 0 Å². The number of hydrogen-bond acceptors (Lipinski definition) is 0. The predicted molar refractivity (Wildman–Crippen MR) is 101 cm³/mol. The van der Waals surface area contributed by atoms with Crippen molar-refractivity contribution in [3.8, 4) is 11.1 Å². The molecule has 0 bridgehead atoms. The molecule has 0 amide bonds. The van der Waals surface area contributed by atoms with E-state index >= 15 is 0 Å². The Labute approximate surface area is 142 Å². The van der Waals surface area contributed by atoms with E-state index in [1.807, 2.05) is 0 Å². The molecule has 0 saturated carbocycles. The summed E-state index contributed by atoms with van der Waals surface area (Å²) in [5.41, 5.74) is 12.0. The molecule has 0 heteroatoms. The SMILES string of the molecule is C1=C2Cc3cc4c(cc3C2=CCC1)Cc1ccc2ccccc2c1-4. The van der Waals surface area contributed by atoms with Crippen LogP contribution in [0.1, 0.15) is 35.1 Å². The van der Waals surface area contributed by atoms with Crippen LogP contribution in [0.5, 0.6) is 0 Å². The standard InChI is InChI=1S/C24H18/c1-4-8-21-15(5-1)9-10-17-12-19-13-22-18(14-23(19)24(17)21)11-16-6-2-3-7-20(16)22/h1,4-10,13-14H,2-3,11-12H2. The third-order valence-electron chi connectivity index (χ3n) is 5.92. The van der Waals surface area contributed by atoms with Crippen molar-refractivity contribution in [3.05, 3.63) is 88.5 Å². The Balaban J connectivity index is 1.63. The van der Waals surface area contributed by atoms with E-state index in [2.05, 4.69) is 60.7 Å². The van der Waals surface area contributed by atoms with Crippen LogP contribution in [0, 0.1) is 0 Å². The Kier molecular flexibility index (Phi) is 2.38. The maximum absolute atomic E-state index is 2.49. The summed E-state index contributed by atoms with van der Waals surface area (Å²) in [4.78, 5) is 0. The van der Waals surface area contributed by atoms with Gasteiger partial charge in [-0.3, -0.25) is 0 Å². The van der Waals surface area contributed by atoms with Crippen LogP contribution >= 0.6 is 0 Å². The number of fused-ring (bicyclic) bond motifs is 8. The van der Waals surface area contributed by atoms with Gasteiger partial charge >= 0.3 is 0 Å². The minimum atomic E-state index is 1.08. The fraction of sp³-hybridized carbons (Fsp3) is 0.167. The molecule has 3 aromatic carbocycles. The number of hydrogen-bond donors (Lipinski definition) is 0. The van der Waals surface area contributed by atoms with Gasteiger partial charge in [-0.15, -0.1) is 0 Å². The van der Waals surface area contributed by atoms with Crippen molar-refractivity contribution in [2.45, 2.75) is 25.7 Å². The molecule has 3 aliphatic carbocycles. The summed E-state index contributed by atoms with van der Waals surface area (Å²) in [5.74, 6) is 0. The molecule has 0 aliphatic heterocycles. The summed E-state index contributed by atoms with van der Waals surface area (Å²) in [6.07, 6.45) is 9.50. The van der Waals surface area contributed by atoms with Gasteiger partial charge in [0.05, 0.1) is 0 Å². The molecule has 24 heavy (non-hydrogen) atoms. The Bertz CT molecular complexity index is 1090. The van der Waals surface area contributed by atoms with E-state index in [1.54, 1.807) is 5.57 Å². The molecular formula is C24H18. The van der Waals surface area contributed by atoms with Crippen molar-refractivity contribution in [1.29, 1.82) is 0 Å². The molecule has 0 unspecified atom stereocenters. The molecule has 0 aromatic heterocycles. The zero-order valence-corrected chi connectivity index (χ0v) is 13.6. The first-order valence-corrected chi connectivity index (χ1v) is 8.95. The summed E-state index contributed by atoms with van der Waals surface area (Å²) in [5, 5.41) is 2.76. The van der Waals surface area contributed by atoms with Gasteiger partial charge in [-0.25, -0.2) is 0 Å². The molecule has 0 radical (unpaired) electrons. The summed E-state index contributed by atoms with van der Waals surface area (Å²) in [7, 11) is 0. The van der Waals surface area contributed by atoms with Crippen LogP contribution in [0.2, 0.25) is 0 Å². The molecule has 0 atom stereocenters. The van der Waals surface area contributed by atoms with Crippen LogP contribution in [0.25, 0.3) is 27.5 Å². The van der Waals surface area contributed by atoms with Gasteiger partial charge in [0.2, 0.25) is 0 Å². The minimum absolute atomic E-state index is 1.08. The summed E-state index contributed by atoms with van der Waals surface area (Å²) in [6.45, 7) is 0. The maximum atomic E-state index is 2.49. The smallest absolute Gasteiger partial charge is 0.00130 e. The molecule has 0 fully saturated rings. The topological polar surface area (TPSA) is 0 Å². The first kappa shape index (κ1) is 12.8. The third-order valence-corrected chi connectivity index (χ3v) is 5.92. The van der Waals surface area contributed by atoms with Crippen molar-refractivity contribution in [2.75, 3.05) is 0 Å². The molecule has 3 aliphatic rings. The first-order chi connectivity index (χ1) is 11.9. The second-order valence-corrected chi connectivity index (χ2v) is 7.27. The molecule has 0 nitrogen and oxygen atoms in total. The van der Waals surface area contributed by atoms with Crippen LogP contribution in [0.4, 0.5) is 0 Å². The van der Waals surface area contributed by atoms with Crippen LogP contribution in [-0.4, -0.2) is 0 Å². The van der Waals surface area contributed by atoms with Crippen LogP contribution in [0.3, 0.4) is 0 Å². The molecule has 0 N–H and O–H groups in total. The highest BCUT2D eigenvalue weighted by Gasteiger charge is 2.28. The van der Waals surface area contributed by atoms with Crippen LogP contribution < -0.4 is 0 Å². The van der Waals surface area contributed by atoms with E-state index < -0.39 is 0 Å². The summed E-state index contributed by atoms with van der Waals surface area (Å²) >= 11 is 0. The average Bonchev–Trinajstić information content (AvgIpc) is 3.17. The summed E-state index contributed by atoms with van der Waals surface area (Å²) < 4.78 is 0. The Morgan fingerprint density at radius 2 is 1.50 bits per heavy atom. The predicted octanol–water partition coefficient (Wildman–Crippen LogP) is 6.07. The molecule has 0 heterocycles. The highest BCUT2D eigenvalue weighted by atomic mass is 14.3. The van der Waals surface area contributed by atoms with E-state index in [4.69, 9.17) is 0 Å². The van der Waals surface area contributed by atoms with E-state index in [1.165, 1.54) is 62.6 Å². The molecule has 6 rings (SSSR count). The molecule has 3 aromatic rings. The van der Waals surface area contributed by atoms with Gasteiger partial charge in [-0.1, -0.05) is 48.6 Å². The van der Waals surface area contributed by atoms with Crippen LogP contribution in [0.15, 0.2) is 66.3 Å². The average molecular weight is 306 g/mol. The normalized spacial score (nSPS) is 17.0. The number of rotatable bonds is 0. The van der Waals surface area contributed by atoms with E-state index in [0.29, 0.717) is 0 Å². The zero-order chi connectivity index (χ0) is 15.7. The lowest BCUT2D eigenvalue weighted by molar-refractivity contribution is 1.02. The molecule has 0 saturated heterocycles. The monoisotopic (exact) mass is 306 g/mol. The van der Waals surface area contributed by atoms with E-state index in [0.717, 1.165) is 12.8 Å². The van der Waals surface area contributed by atoms with Gasteiger partial charge in [0, 0.05) is 0 Å². The molecular weight excluding hydrogens is 288 g/mol. The fourth-order valence-electron chi connectivity index (χ4n) is 4.83. The van der Waals surface area contributed by atoms with Gasteiger partial charge in [0.1, 0.15) is 0 Å². The number of benzene rings is 3. The third kappa shape index (κ3) is 1.58. The maximum Gasteiger partial charge on any atom is -0.00130 e. The zero-order valence-electron chi connectivity index (χ0n) is 13.6. The van der Waals surface area contributed by atoms with Crippen molar-refractivity contribution >= 4 is 16.3 Å². The lowest BCUT2D eigenvalue weighted by Crippen LogP contribution is -1.89. The summed E-state index contributed by atoms with van der Waals surface area (Å²) in [6, 6.07) is 18.4. The van der Waals surface area contributed by atoms with Gasteiger partial charge in [-0.2, -0.15) is 0 Å². The Hall–Kier alpha value is -2.60. The lowest BCUT2D eigenvalue weighted by atomic mass is 9.94. The fourth-order valence-corrected chi connectivity index (χ4v) is 4.83. The molecule has 114 valence electrons. The van der Waals surface area contributed by atoms with Gasteiger partial charge in [0.15, 0.2) is 0 Å². The highest BCUT2D eigenvalue weighted by molar-refractivity contribution is 6.02. The minimum Gasteiger partial charge on any atom is -0.0801 e. The Morgan fingerprint density at radius 1 is 0.667 bits per heavy atom. The lowest BCUT2D eigenvalue weighted by Gasteiger charge is -2.10. The second-order valence-electron chi connectivity index (χ2n) is 7.27. The van der Waals surface area contributed by atoms with Gasteiger partial charge in [-0.05, 0) is 93.1 Å². The van der Waals surface area contributed by atoms with E-state index in [9.17, 15) is 0 Å². The second kappa shape index (κ2) is 4.48. The Morgan fingerprint density at radius 3 is 2.50 bits per heavy atom.